The number of hydrogen-bond acceptors (Lipinski definition) is 4. The number of nitrogens with zero attached hydrogens (tertiary/aromatic N) is 3. The lowest BCUT2D eigenvalue weighted by Gasteiger charge is -2.19. The van der Waals surface area contributed by atoms with Crippen LogP contribution < -0.4 is 0 Å². The molecule has 0 amide bonds. The predicted octanol–water partition coefficient (Wildman–Crippen LogP) is 2.28. The predicted molar refractivity (Wildman–Crippen MR) is 70.7 cm³/mol. The summed E-state index contributed by atoms with van der Waals surface area (Å²) in [5.41, 5.74) is 1.13. The van der Waals surface area contributed by atoms with Crippen molar-refractivity contribution in [2.24, 2.45) is 0 Å². The van der Waals surface area contributed by atoms with E-state index in [0.717, 1.165) is 5.56 Å². The summed E-state index contributed by atoms with van der Waals surface area (Å²) < 4.78 is 7.03. The van der Waals surface area contributed by atoms with Crippen LogP contribution in [0, 0.1) is 0 Å². The van der Waals surface area contributed by atoms with E-state index in [0.29, 0.717) is 12.1 Å². The molecule has 0 bridgehead atoms. The molecule has 2 aromatic rings. The van der Waals surface area contributed by atoms with E-state index < -0.39 is 5.60 Å². The van der Waals surface area contributed by atoms with Gasteiger partial charge in [-0.05, 0) is 38.5 Å². The van der Waals surface area contributed by atoms with Crippen molar-refractivity contribution in [2.45, 2.75) is 32.9 Å². The van der Waals surface area contributed by atoms with E-state index in [9.17, 15) is 4.79 Å². The summed E-state index contributed by atoms with van der Waals surface area (Å²) in [7, 11) is 0. The van der Waals surface area contributed by atoms with E-state index in [-0.39, 0.29) is 5.97 Å². The Kier molecular flexibility index (Phi) is 3.64. The van der Waals surface area contributed by atoms with E-state index in [1.54, 1.807) is 29.2 Å². The van der Waals surface area contributed by atoms with Gasteiger partial charge in [-0.15, -0.1) is 5.10 Å². The maximum atomic E-state index is 11.8. The lowest BCUT2D eigenvalue weighted by molar-refractivity contribution is 0.00695. The Morgan fingerprint density at radius 3 is 2.47 bits per heavy atom. The van der Waals surface area contributed by atoms with Crippen LogP contribution in [0.4, 0.5) is 0 Å². The first kappa shape index (κ1) is 13.3. The number of carbonyl (C=O) groups is 1. The molecule has 19 heavy (non-hydrogen) atoms. The largest absolute Gasteiger partial charge is 0.456 e. The zero-order chi connectivity index (χ0) is 13.9. The Morgan fingerprint density at radius 1 is 1.26 bits per heavy atom. The lowest BCUT2D eigenvalue weighted by Crippen LogP contribution is -2.23. The van der Waals surface area contributed by atoms with Gasteiger partial charge in [-0.3, -0.25) is 0 Å². The molecule has 1 aromatic heterocycles. The van der Waals surface area contributed by atoms with Gasteiger partial charge in [0.25, 0.3) is 0 Å². The first-order chi connectivity index (χ1) is 8.94. The molecule has 2 rings (SSSR count). The summed E-state index contributed by atoms with van der Waals surface area (Å²) in [5.74, 6) is -0.306. The van der Waals surface area contributed by atoms with Crippen molar-refractivity contribution in [3.63, 3.8) is 0 Å². The number of esters is 1. The van der Waals surface area contributed by atoms with Gasteiger partial charge in [-0.25, -0.2) is 9.48 Å². The number of rotatable bonds is 3. The van der Waals surface area contributed by atoms with Crippen LogP contribution in [0.15, 0.2) is 36.7 Å². The quantitative estimate of drug-likeness (QED) is 0.793. The minimum atomic E-state index is -0.476. The Labute approximate surface area is 112 Å². The molecule has 5 nitrogen and oxygen atoms in total. The molecule has 0 saturated carbocycles. The average molecular weight is 259 g/mol. The molecule has 0 aliphatic carbocycles. The van der Waals surface area contributed by atoms with Crippen LogP contribution in [-0.4, -0.2) is 26.6 Å². The molecule has 0 aliphatic heterocycles. The van der Waals surface area contributed by atoms with Gasteiger partial charge in [0.1, 0.15) is 5.60 Å². The van der Waals surface area contributed by atoms with Crippen LogP contribution in [-0.2, 0) is 11.3 Å². The van der Waals surface area contributed by atoms with Crippen molar-refractivity contribution in [2.75, 3.05) is 0 Å². The summed E-state index contributed by atoms with van der Waals surface area (Å²) in [6.07, 6.45) is 3.43. The highest BCUT2D eigenvalue weighted by molar-refractivity contribution is 5.89. The molecule has 1 heterocycles. The lowest BCUT2D eigenvalue weighted by atomic mass is 10.1. The molecule has 0 unspecified atom stereocenters. The smallest absolute Gasteiger partial charge is 0.338 e. The standard InChI is InChI=1S/C14H17N3O2/c1-14(2,3)19-13(18)12-6-4-11(5-7-12)10-17-9-8-15-16-17/h4-9H,10H2,1-3H3. The van der Waals surface area contributed by atoms with Gasteiger partial charge in [0.05, 0.1) is 18.3 Å². The van der Waals surface area contributed by atoms with Crippen molar-refractivity contribution < 1.29 is 9.53 Å². The van der Waals surface area contributed by atoms with Crippen LogP contribution in [0.3, 0.4) is 0 Å². The van der Waals surface area contributed by atoms with Crippen LogP contribution in [0.5, 0.6) is 0 Å². The fourth-order valence-electron chi connectivity index (χ4n) is 1.59. The zero-order valence-corrected chi connectivity index (χ0v) is 11.3. The molecule has 100 valence electrons. The van der Waals surface area contributed by atoms with Crippen molar-refractivity contribution in [1.29, 1.82) is 0 Å². The number of carbonyl (C=O) groups excluding carboxylic acids is 1. The van der Waals surface area contributed by atoms with E-state index in [2.05, 4.69) is 10.3 Å². The zero-order valence-electron chi connectivity index (χ0n) is 11.3. The number of aromatic nitrogens is 3. The van der Waals surface area contributed by atoms with Crippen molar-refractivity contribution in [3.8, 4) is 0 Å². The third kappa shape index (κ3) is 3.91. The normalized spacial score (nSPS) is 11.3. The maximum absolute atomic E-state index is 11.8. The van der Waals surface area contributed by atoms with Gasteiger partial charge >= 0.3 is 5.97 Å². The fourth-order valence-corrected chi connectivity index (χ4v) is 1.59. The molecule has 1 aromatic carbocycles. The maximum Gasteiger partial charge on any atom is 0.338 e. The fraction of sp³-hybridized carbons (Fsp3) is 0.357. The SMILES string of the molecule is CC(C)(C)OC(=O)c1ccc(Cn2ccnn2)cc1. The van der Waals surface area contributed by atoms with Gasteiger partial charge in [0.2, 0.25) is 0 Å². The third-order valence-corrected chi connectivity index (χ3v) is 2.41. The van der Waals surface area contributed by atoms with E-state index in [1.807, 2.05) is 32.9 Å². The Balaban J connectivity index is 2.04. The van der Waals surface area contributed by atoms with Crippen LogP contribution >= 0.6 is 0 Å². The Hall–Kier alpha value is -2.17. The average Bonchev–Trinajstić information content (AvgIpc) is 2.80. The molecular weight excluding hydrogens is 242 g/mol. The van der Waals surface area contributed by atoms with Crippen LogP contribution in [0.25, 0.3) is 0 Å². The topological polar surface area (TPSA) is 57.0 Å². The Morgan fingerprint density at radius 2 is 1.95 bits per heavy atom. The minimum Gasteiger partial charge on any atom is -0.456 e. The second-order valence-electron chi connectivity index (χ2n) is 5.30. The number of ether oxygens (including phenoxy) is 1. The summed E-state index contributed by atoms with van der Waals surface area (Å²) in [5, 5.41) is 7.64. The van der Waals surface area contributed by atoms with Gasteiger partial charge in [-0.1, -0.05) is 17.3 Å². The molecule has 0 radical (unpaired) electrons. The molecule has 0 atom stereocenters. The van der Waals surface area contributed by atoms with E-state index >= 15 is 0 Å². The summed E-state index contributed by atoms with van der Waals surface area (Å²) in [6.45, 7) is 6.19. The first-order valence-corrected chi connectivity index (χ1v) is 6.10. The Bertz CT molecular complexity index is 539. The minimum absolute atomic E-state index is 0.306. The summed E-state index contributed by atoms with van der Waals surface area (Å²) in [4.78, 5) is 11.8. The van der Waals surface area contributed by atoms with Crippen molar-refractivity contribution in [3.05, 3.63) is 47.8 Å². The van der Waals surface area contributed by atoms with E-state index in [4.69, 9.17) is 4.74 Å². The molecule has 0 saturated heterocycles. The first-order valence-electron chi connectivity index (χ1n) is 6.10. The van der Waals surface area contributed by atoms with Gasteiger partial charge in [0, 0.05) is 6.20 Å². The molecule has 0 aliphatic rings. The highest BCUT2D eigenvalue weighted by atomic mass is 16.6. The second kappa shape index (κ2) is 5.22. The molecule has 0 N–H and O–H groups in total. The monoisotopic (exact) mass is 259 g/mol. The third-order valence-electron chi connectivity index (χ3n) is 2.41. The molecule has 0 spiro atoms. The second-order valence-corrected chi connectivity index (χ2v) is 5.30. The van der Waals surface area contributed by atoms with Gasteiger partial charge < -0.3 is 4.74 Å². The van der Waals surface area contributed by atoms with E-state index in [1.165, 1.54) is 0 Å². The molecular formula is C14H17N3O2. The highest BCUT2D eigenvalue weighted by Gasteiger charge is 2.17. The number of hydrogen-bond donors (Lipinski definition) is 0. The summed E-state index contributed by atoms with van der Waals surface area (Å²) in [6, 6.07) is 7.31. The van der Waals surface area contributed by atoms with Crippen LogP contribution in [0.2, 0.25) is 0 Å². The van der Waals surface area contributed by atoms with Crippen LogP contribution in [0.1, 0.15) is 36.7 Å². The van der Waals surface area contributed by atoms with Gasteiger partial charge in [0.15, 0.2) is 0 Å². The number of benzene rings is 1. The summed E-state index contributed by atoms with van der Waals surface area (Å²) >= 11 is 0. The molecule has 0 fully saturated rings. The highest BCUT2D eigenvalue weighted by Crippen LogP contribution is 2.13. The van der Waals surface area contributed by atoms with Crippen molar-refractivity contribution in [1.82, 2.24) is 15.0 Å². The molecule has 5 heteroatoms. The van der Waals surface area contributed by atoms with Gasteiger partial charge in [-0.2, -0.15) is 0 Å². The van der Waals surface area contributed by atoms with Crippen molar-refractivity contribution >= 4 is 5.97 Å².